The molecule has 1 aromatic carbocycles. The molecule has 5 nitrogen and oxygen atoms in total. The number of hydrogen-bond acceptors (Lipinski definition) is 3. The standard InChI is InChI=1S/C19H21NO4/c1-2-24-15-6-4-3-5-14(15)20-18(21)16-10-7-8-11(13-9-12(10)13)17(16)19(22)23/h3-8,10-13,16-17H,2,9H2,1H3,(H,20,21)(H,22,23)/t10-,11-,12-,13-,16+,17+/m0/s1. The van der Waals surface area contributed by atoms with Gasteiger partial charge < -0.3 is 15.2 Å². The molecule has 1 aromatic rings. The van der Waals surface area contributed by atoms with Crippen LogP contribution in [0.25, 0.3) is 0 Å². The number of para-hydroxylation sites is 2. The van der Waals surface area contributed by atoms with Crippen LogP contribution in [-0.2, 0) is 9.59 Å². The highest BCUT2D eigenvalue weighted by molar-refractivity contribution is 5.97. The summed E-state index contributed by atoms with van der Waals surface area (Å²) in [5.74, 6) is -0.609. The van der Waals surface area contributed by atoms with Gasteiger partial charge in [0.2, 0.25) is 5.91 Å². The lowest BCUT2D eigenvalue weighted by Gasteiger charge is -2.41. The molecule has 0 unspecified atom stereocenters. The van der Waals surface area contributed by atoms with Crippen molar-refractivity contribution in [3.63, 3.8) is 0 Å². The van der Waals surface area contributed by atoms with E-state index in [1.165, 1.54) is 0 Å². The fourth-order valence-electron chi connectivity index (χ4n) is 4.64. The Labute approximate surface area is 140 Å². The first kappa shape index (κ1) is 15.2. The topological polar surface area (TPSA) is 75.6 Å². The zero-order chi connectivity index (χ0) is 16.8. The summed E-state index contributed by atoms with van der Waals surface area (Å²) in [6.45, 7) is 2.39. The van der Waals surface area contributed by atoms with Crippen LogP contribution in [0.2, 0.25) is 0 Å². The molecular weight excluding hydrogens is 306 g/mol. The van der Waals surface area contributed by atoms with Crippen molar-refractivity contribution >= 4 is 17.6 Å². The fraction of sp³-hybridized carbons (Fsp3) is 0.474. The van der Waals surface area contributed by atoms with Crippen LogP contribution in [0, 0.1) is 35.5 Å². The van der Waals surface area contributed by atoms with Crippen molar-refractivity contribution in [2.45, 2.75) is 13.3 Å². The van der Waals surface area contributed by atoms with Gasteiger partial charge in [0, 0.05) is 0 Å². The fourth-order valence-corrected chi connectivity index (χ4v) is 4.64. The van der Waals surface area contributed by atoms with Crippen LogP contribution < -0.4 is 10.1 Å². The minimum Gasteiger partial charge on any atom is -0.492 e. The molecule has 2 bridgehead atoms. The molecule has 24 heavy (non-hydrogen) atoms. The van der Waals surface area contributed by atoms with Crippen molar-refractivity contribution < 1.29 is 19.4 Å². The van der Waals surface area contributed by atoms with E-state index in [0.29, 0.717) is 29.9 Å². The van der Waals surface area contributed by atoms with Crippen LogP contribution in [0.4, 0.5) is 5.69 Å². The average molecular weight is 327 g/mol. The van der Waals surface area contributed by atoms with Crippen LogP contribution in [-0.4, -0.2) is 23.6 Å². The Kier molecular flexibility index (Phi) is 3.59. The Hall–Kier alpha value is -2.30. The van der Waals surface area contributed by atoms with Crippen molar-refractivity contribution in [3.8, 4) is 5.75 Å². The predicted octanol–water partition coefficient (Wildman–Crippen LogP) is 2.79. The second kappa shape index (κ2) is 5.65. The zero-order valence-electron chi connectivity index (χ0n) is 13.5. The van der Waals surface area contributed by atoms with Gasteiger partial charge in [-0.1, -0.05) is 24.3 Å². The molecule has 1 amide bonds. The van der Waals surface area contributed by atoms with Gasteiger partial charge in [-0.3, -0.25) is 9.59 Å². The van der Waals surface area contributed by atoms with Crippen LogP contribution in [0.1, 0.15) is 13.3 Å². The number of carbonyl (C=O) groups excluding carboxylic acids is 1. The highest BCUT2D eigenvalue weighted by Crippen LogP contribution is 2.63. The molecule has 0 aromatic heterocycles. The number of benzene rings is 1. The normalized spacial score (nSPS) is 35.2. The maximum atomic E-state index is 12.9. The summed E-state index contributed by atoms with van der Waals surface area (Å²) in [4.78, 5) is 24.7. The number of hydrogen-bond donors (Lipinski definition) is 2. The van der Waals surface area contributed by atoms with Crippen molar-refractivity contribution in [1.82, 2.24) is 0 Å². The third-order valence-corrected chi connectivity index (χ3v) is 5.68. The first-order chi connectivity index (χ1) is 11.6. The van der Waals surface area contributed by atoms with Gasteiger partial charge in [-0.2, -0.15) is 0 Å². The van der Waals surface area contributed by atoms with E-state index in [4.69, 9.17) is 4.74 Å². The molecule has 2 fully saturated rings. The summed E-state index contributed by atoms with van der Waals surface area (Å²) < 4.78 is 5.55. The second-order valence-electron chi connectivity index (χ2n) is 6.91. The number of aliphatic carboxylic acids is 1. The molecule has 5 rings (SSSR count). The van der Waals surface area contributed by atoms with Gasteiger partial charge in [-0.05, 0) is 49.1 Å². The zero-order valence-corrected chi connectivity index (χ0v) is 13.5. The number of allylic oxidation sites excluding steroid dienone is 2. The molecule has 2 N–H and O–H groups in total. The molecule has 0 radical (unpaired) electrons. The van der Waals surface area contributed by atoms with E-state index in [1.807, 2.05) is 25.1 Å². The number of carboxylic acids is 1. The molecule has 2 saturated carbocycles. The van der Waals surface area contributed by atoms with Gasteiger partial charge in [0.1, 0.15) is 5.75 Å². The summed E-state index contributed by atoms with van der Waals surface area (Å²) >= 11 is 0. The van der Waals surface area contributed by atoms with Crippen LogP contribution in [0.5, 0.6) is 5.75 Å². The van der Waals surface area contributed by atoms with E-state index < -0.39 is 17.8 Å². The van der Waals surface area contributed by atoms with Gasteiger partial charge in [0.25, 0.3) is 0 Å². The molecule has 0 saturated heterocycles. The number of carbonyl (C=O) groups is 2. The molecule has 0 aliphatic heterocycles. The van der Waals surface area contributed by atoms with E-state index in [0.717, 1.165) is 6.42 Å². The predicted molar refractivity (Wildman–Crippen MR) is 88.6 cm³/mol. The lowest BCUT2D eigenvalue weighted by Crippen LogP contribution is -2.48. The van der Waals surface area contributed by atoms with Crippen LogP contribution >= 0.6 is 0 Å². The minimum absolute atomic E-state index is 0.00427. The smallest absolute Gasteiger partial charge is 0.307 e. The monoisotopic (exact) mass is 327 g/mol. The number of rotatable bonds is 5. The van der Waals surface area contributed by atoms with Crippen molar-refractivity contribution in [2.24, 2.45) is 35.5 Å². The third kappa shape index (κ3) is 2.30. The summed E-state index contributed by atoms with van der Waals surface area (Å²) in [7, 11) is 0. The van der Waals surface area contributed by atoms with Gasteiger partial charge in [-0.25, -0.2) is 0 Å². The SMILES string of the molecule is CCOc1ccccc1NC(=O)[C@@H]1[C@H]2C=C[C@@H]([C@@H]3C[C@@H]23)[C@H]1C(=O)O. The average Bonchev–Trinajstić information content (AvgIpc) is 3.38. The van der Waals surface area contributed by atoms with E-state index in [-0.39, 0.29) is 17.7 Å². The maximum absolute atomic E-state index is 12.9. The Morgan fingerprint density at radius 2 is 1.83 bits per heavy atom. The van der Waals surface area contributed by atoms with E-state index in [1.54, 1.807) is 12.1 Å². The van der Waals surface area contributed by atoms with E-state index in [9.17, 15) is 14.7 Å². The summed E-state index contributed by atoms with van der Waals surface area (Å²) in [6, 6.07) is 7.27. The second-order valence-corrected chi connectivity index (χ2v) is 6.91. The molecule has 6 atom stereocenters. The molecular formula is C19H21NO4. The summed E-state index contributed by atoms with van der Waals surface area (Å²) in [5, 5.41) is 12.6. The van der Waals surface area contributed by atoms with Crippen molar-refractivity contribution in [1.29, 1.82) is 0 Å². The third-order valence-electron chi connectivity index (χ3n) is 5.68. The highest BCUT2D eigenvalue weighted by Gasteiger charge is 2.63. The largest absolute Gasteiger partial charge is 0.492 e. The molecule has 4 aliphatic carbocycles. The summed E-state index contributed by atoms with van der Waals surface area (Å²) in [6.07, 6.45) is 5.14. The van der Waals surface area contributed by atoms with Crippen LogP contribution in [0.15, 0.2) is 36.4 Å². The van der Waals surface area contributed by atoms with Crippen molar-refractivity contribution in [2.75, 3.05) is 11.9 Å². The van der Waals surface area contributed by atoms with Gasteiger partial charge in [0.05, 0.1) is 24.1 Å². The minimum atomic E-state index is -0.863. The number of nitrogens with one attached hydrogen (secondary N) is 1. The molecule has 0 heterocycles. The number of fused-ring (bicyclic) bond motifs is 1. The number of ether oxygens (including phenoxy) is 1. The van der Waals surface area contributed by atoms with Gasteiger partial charge in [0.15, 0.2) is 0 Å². The van der Waals surface area contributed by atoms with E-state index >= 15 is 0 Å². The Balaban J connectivity index is 1.60. The lowest BCUT2D eigenvalue weighted by atomic mass is 9.62. The quantitative estimate of drug-likeness (QED) is 0.816. The highest BCUT2D eigenvalue weighted by atomic mass is 16.5. The van der Waals surface area contributed by atoms with Gasteiger partial charge in [-0.15, -0.1) is 0 Å². The molecule has 126 valence electrons. The van der Waals surface area contributed by atoms with Crippen LogP contribution in [0.3, 0.4) is 0 Å². The lowest BCUT2D eigenvalue weighted by molar-refractivity contribution is -0.152. The number of anilines is 1. The Morgan fingerprint density at radius 1 is 1.17 bits per heavy atom. The maximum Gasteiger partial charge on any atom is 0.307 e. The van der Waals surface area contributed by atoms with E-state index in [2.05, 4.69) is 11.4 Å². The number of carboxylic acid groups (broad SMARTS) is 1. The molecule has 4 aliphatic rings. The number of amides is 1. The first-order valence-corrected chi connectivity index (χ1v) is 8.55. The Morgan fingerprint density at radius 3 is 2.50 bits per heavy atom. The first-order valence-electron chi connectivity index (χ1n) is 8.55. The molecule has 0 spiro atoms. The molecule has 5 heteroatoms. The Bertz CT molecular complexity index is 713. The van der Waals surface area contributed by atoms with Gasteiger partial charge >= 0.3 is 5.97 Å². The van der Waals surface area contributed by atoms with Crippen molar-refractivity contribution in [3.05, 3.63) is 36.4 Å². The summed E-state index contributed by atoms with van der Waals surface area (Å²) in [5.41, 5.74) is 0.603.